The van der Waals surface area contributed by atoms with E-state index in [2.05, 4.69) is 183 Å². The molecule has 7 aromatic carbocycles. The first-order valence-electron chi connectivity index (χ1n) is 18.0. The second kappa shape index (κ2) is 10.6. The molecule has 0 bridgehead atoms. The van der Waals surface area contributed by atoms with Gasteiger partial charge in [-0.1, -0.05) is 103 Å². The predicted octanol–water partition coefficient (Wildman–Crippen LogP) is 12.1. The SMILES string of the molecule is c1ccc(-n2c3ccccc3c3cc(-c4ccnc(-n5c6ccccc6c6cc7nc8c9ccccc9c9ccccc9n8c7cc65)c4)ccc32)cc1. The first-order valence-corrected chi connectivity index (χ1v) is 18.0. The predicted molar refractivity (Wildman–Crippen MR) is 220 cm³/mol. The van der Waals surface area contributed by atoms with E-state index in [9.17, 15) is 0 Å². The Morgan fingerprint density at radius 1 is 0.358 bits per heavy atom. The molecule has 0 fully saturated rings. The number of benzene rings is 7. The Bertz CT molecular complexity index is 3460. The molecule has 0 aliphatic heterocycles. The zero-order valence-corrected chi connectivity index (χ0v) is 28.5. The molecular weight excluding hydrogens is 647 g/mol. The van der Waals surface area contributed by atoms with Crippen LogP contribution in [-0.4, -0.2) is 23.5 Å². The van der Waals surface area contributed by atoms with Crippen molar-refractivity contribution in [1.29, 1.82) is 0 Å². The van der Waals surface area contributed by atoms with Crippen molar-refractivity contribution in [2.75, 3.05) is 0 Å². The standard InChI is InChI=1S/C48H29N5/c1-2-12-32(13-3-1)51-41-19-9-7-16-35(41)38-26-30(22-23-44(38)51)31-24-25-49-47(27-31)52-42-20-10-8-17-36(42)39-28-40-46(29-45(39)52)53-43-21-11-6-15-34(43)33-14-4-5-18-37(33)48(53)50-40/h1-29H. The Morgan fingerprint density at radius 3 is 1.72 bits per heavy atom. The molecule has 0 radical (unpaired) electrons. The van der Waals surface area contributed by atoms with Gasteiger partial charge >= 0.3 is 0 Å². The van der Waals surface area contributed by atoms with E-state index in [1.54, 1.807) is 0 Å². The Labute approximate surface area is 303 Å². The molecule has 0 saturated heterocycles. The van der Waals surface area contributed by atoms with Crippen molar-refractivity contribution in [3.05, 3.63) is 176 Å². The third-order valence-electron chi connectivity index (χ3n) is 11.0. The molecule has 0 saturated carbocycles. The Hall–Kier alpha value is -7.24. The number of aromatic nitrogens is 5. The lowest BCUT2D eigenvalue weighted by molar-refractivity contribution is 1.08. The Morgan fingerprint density at radius 2 is 0.943 bits per heavy atom. The van der Waals surface area contributed by atoms with Crippen molar-refractivity contribution in [2.24, 2.45) is 0 Å². The van der Waals surface area contributed by atoms with Crippen molar-refractivity contribution >= 4 is 82.0 Å². The van der Waals surface area contributed by atoms with Gasteiger partial charge in [0, 0.05) is 44.2 Å². The third-order valence-corrected chi connectivity index (χ3v) is 11.0. The summed E-state index contributed by atoms with van der Waals surface area (Å²) in [5, 5.41) is 8.39. The number of hydrogen-bond donors (Lipinski definition) is 0. The van der Waals surface area contributed by atoms with E-state index in [4.69, 9.17) is 9.97 Å². The van der Waals surface area contributed by atoms with E-state index in [1.807, 2.05) is 6.20 Å². The molecule has 5 aromatic heterocycles. The maximum absolute atomic E-state index is 5.29. The molecule has 53 heavy (non-hydrogen) atoms. The summed E-state index contributed by atoms with van der Waals surface area (Å²) in [6.45, 7) is 0. The first-order chi connectivity index (χ1) is 26.3. The van der Waals surface area contributed by atoms with Crippen LogP contribution in [0.25, 0.3) is 105 Å². The van der Waals surface area contributed by atoms with Crippen molar-refractivity contribution < 1.29 is 0 Å². The smallest absolute Gasteiger partial charge is 0.146 e. The van der Waals surface area contributed by atoms with Crippen molar-refractivity contribution in [3.63, 3.8) is 0 Å². The van der Waals surface area contributed by atoms with Gasteiger partial charge < -0.3 is 4.57 Å². The van der Waals surface area contributed by atoms with Gasteiger partial charge in [0.1, 0.15) is 11.5 Å². The average Bonchev–Trinajstić information content (AvgIpc) is 3.88. The quantitative estimate of drug-likeness (QED) is 0.175. The van der Waals surface area contributed by atoms with Crippen LogP contribution in [0.3, 0.4) is 0 Å². The van der Waals surface area contributed by atoms with Gasteiger partial charge in [0.15, 0.2) is 0 Å². The highest BCUT2D eigenvalue weighted by Gasteiger charge is 2.19. The number of hydrogen-bond acceptors (Lipinski definition) is 2. The van der Waals surface area contributed by atoms with Gasteiger partial charge in [-0.2, -0.15) is 0 Å². The summed E-state index contributed by atoms with van der Waals surface area (Å²) in [4.78, 5) is 10.3. The lowest BCUT2D eigenvalue weighted by Gasteiger charge is -2.11. The summed E-state index contributed by atoms with van der Waals surface area (Å²) in [7, 11) is 0. The van der Waals surface area contributed by atoms with E-state index in [-0.39, 0.29) is 0 Å². The van der Waals surface area contributed by atoms with Crippen molar-refractivity contribution in [2.45, 2.75) is 0 Å². The molecule has 0 unspecified atom stereocenters. The number of nitrogens with zero attached hydrogens (tertiary/aromatic N) is 5. The fourth-order valence-corrected chi connectivity index (χ4v) is 8.75. The van der Waals surface area contributed by atoms with Gasteiger partial charge in [-0.05, 0) is 83.2 Å². The molecule has 5 heteroatoms. The lowest BCUT2D eigenvalue weighted by Crippen LogP contribution is -1.98. The van der Waals surface area contributed by atoms with E-state index in [1.165, 1.54) is 38.0 Å². The van der Waals surface area contributed by atoms with E-state index in [0.717, 1.165) is 66.6 Å². The largest absolute Gasteiger partial charge is 0.309 e. The maximum Gasteiger partial charge on any atom is 0.146 e. The summed E-state index contributed by atoms with van der Waals surface area (Å²) in [6.07, 6.45) is 1.94. The van der Waals surface area contributed by atoms with Gasteiger partial charge in [0.2, 0.25) is 0 Å². The van der Waals surface area contributed by atoms with Crippen LogP contribution < -0.4 is 0 Å². The highest BCUT2D eigenvalue weighted by atomic mass is 15.1. The number of pyridine rings is 2. The molecule has 246 valence electrons. The van der Waals surface area contributed by atoms with Gasteiger partial charge in [-0.15, -0.1) is 0 Å². The molecule has 12 aromatic rings. The zero-order chi connectivity index (χ0) is 34.6. The molecule has 0 aliphatic rings. The molecule has 0 aliphatic carbocycles. The Kier molecular flexibility index (Phi) is 5.71. The summed E-state index contributed by atoms with van der Waals surface area (Å²) < 4.78 is 7.01. The number of imidazole rings is 1. The normalized spacial score (nSPS) is 12.2. The molecular formula is C48H29N5. The summed E-state index contributed by atoms with van der Waals surface area (Å²) in [5.74, 6) is 0.879. The van der Waals surface area contributed by atoms with Crippen LogP contribution in [0, 0.1) is 0 Å². The number of rotatable bonds is 3. The molecule has 12 rings (SSSR count). The summed E-state index contributed by atoms with van der Waals surface area (Å²) in [6, 6.07) is 60.9. The summed E-state index contributed by atoms with van der Waals surface area (Å²) in [5.41, 5.74) is 12.2. The van der Waals surface area contributed by atoms with Crippen LogP contribution in [0.2, 0.25) is 0 Å². The lowest BCUT2D eigenvalue weighted by atomic mass is 10.0. The van der Waals surface area contributed by atoms with Gasteiger partial charge in [-0.3, -0.25) is 8.97 Å². The summed E-state index contributed by atoms with van der Waals surface area (Å²) >= 11 is 0. The molecule has 5 nitrogen and oxygen atoms in total. The minimum Gasteiger partial charge on any atom is -0.309 e. The topological polar surface area (TPSA) is 40.0 Å². The van der Waals surface area contributed by atoms with Gasteiger partial charge in [-0.25, -0.2) is 9.97 Å². The third kappa shape index (κ3) is 3.96. The molecule has 0 atom stereocenters. The highest BCUT2D eigenvalue weighted by Crippen LogP contribution is 2.39. The second-order valence-electron chi connectivity index (χ2n) is 13.9. The van der Waals surface area contributed by atoms with E-state index >= 15 is 0 Å². The average molecular weight is 676 g/mol. The first kappa shape index (κ1) is 28.5. The molecule has 0 spiro atoms. The molecule has 0 N–H and O–H groups in total. The van der Waals surface area contributed by atoms with Crippen LogP contribution >= 0.6 is 0 Å². The number of para-hydroxylation sites is 4. The fourth-order valence-electron chi connectivity index (χ4n) is 8.75. The monoisotopic (exact) mass is 675 g/mol. The van der Waals surface area contributed by atoms with Crippen LogP contribution in [0.15, 0.2) is 176 Å². The van der Waals surface area contributed by atoms with Crippen LogP contribution in [-0.2, 0) is 0 Å². The second-order valence-corrected chi connectivity index (χ2v) is 13.9. The van der Waals surface area contributed by atoms with Crippen LogP contribution in [0.4, 0.5) is 0 Å². The maximum atomic E-state index is 5.29. The minimum absolute atomic E-state index is 0.879. The van der Waals surface area contributed by atoms with Gasteiger partial charge in [0.25, 0.3) is 0 Å². The molecule has 0 amide bonds. The fraction of sp³-hybridized carbons (Fsp3) is 0. The van der Waals surface area contributed by atoms with E-state index in [0.29, 0.717) is 0 Å². The van der Waals surface area contributed by atoms with E-state index < -0.39 is 0 Å². The van der Waals surface area contributed by atoms with Gasteiger partial charge in [0.05, 0.1) is 38.6 Å². The van der Waals surface area contributed by atoms with Crippen molar-refractivity contribution in [1.82, 2.24) is 23.5 Å². The van der Waals surface area contributed by atoms with Crippen LogP contribution in [0.5, 0.6) is 0 Å². The zero-order valence-electron chi connectivity index (χ0n) is 28.5. The van der Waals surface area contributed by atoms with Crippen LogP contribution in [0.1, 0.15) is 0 Å². The van der Waals surface area contributed by atoms with Crippen molar-refractivity contribution in [3.8, 4) is 22.6 Å². The minimum atomic E-state index is 0.879. The molecule has 5 heterocycles. The number of fused-ring (bicyclic) bond motifs is 14. The highest BCUT2D eigenvalue weighted by molar-refractivity contribution is 6.17. The Balaban J connectivity index is 1.10.